The van der Waals surface area contributed by atoms with E-state index in [1.54, 1.807) is 18.2 Å². The summed E-state index contributed by atoms with van der Waals surface area (Å²) in [6, 6.07) is 5.50. The molecule has 1 heterocycles. The number of hydrogen-bond donors (Lipinski definition) is 2. The van der Waals surface area contributed by atoms with E-state index >= 15 is 0 Å². The number of nitrogens with one attached hydrogen (secondary N) is 2. The molecule has 2 N–H and O–H groups in total. The molecule has 0 atom stereocenters. The van der Waals surface area contributed by atoms with Gasteiger partial charge in [0.05, 0.1) is 26.9 Å². The Labute approximate surface area is 171 Å². The van der Waals surface area contributed by atoms with Gasteiger partial charge in [0, 0.05) is 37.0 Å². The summed E-state index contributed by atoms with van der Waals surface area (Å²) >= 11 is 0. The van der Waals surface area contributed by atoms with Crippen LogP contribution in [0.5, 0.6) is 17.2 Å². The molecule has 1 aromatic heterocycles. The molecule has 0 saturated carbocycles. The van der Waals surface area contributed by atoms with Crippen LogP contribution < -0.4 is 24.8 Å². The van der Waals surface area contributed by atoms with Crippen LogP contribution in [0.2, 0.25) is 0 Å². The molecular formula is C20H22F3N3O4. The molecule has 1 amide bonds. The maximum absolute atomic E-state index is 12.5. The van der Waals surface area contributed by atoms with Crippen LogP contribution in [0.15, 0.2) is 36.5 Å². The summed E-state index contributed by atoms with van der Waals surface area (Å²) in [6.07, 6.45) is -0.774. The van der Waals surface area contributed by atoms with Crippen molar-refractivity contribution in [2.75, 3.05) is 39.7 Å². The smallest absolute Gasteiger partial charge is 0.417 e. The maximum atomic E-state index is 12.5. The fourth-order valence-electron chi connectivity index (χ4n) is 2.45. The highest BCUT2D eigenvalue weighted by Crippen LogP contribution is 2.35. The Hall–Kier alpha value is -3.43. The number of carbonyl (C=O) groups is 1. The van der Waals surface area contributed by atoms with Crippen molar-refractivity contribution in [2.24, 2.45) is 0 Å². The summed E-state index contributed by atoms with van der Waals surface area (Å²) in [7, 11) is 4.51. The van der Waals surface area contributed by atoms with Crippen LogP contribution in [0, 0.1) is 0 Å². The zero-order chi connectivity index (χ0) is 22.1. The van der Waals surface area contributed by atoms with Crippen molar-refractivity contribution in [1.82, 2.24) is 10.3 Å². The molecule has 0 radical (unpaired) electrons. The minimum Gasteiger partial charge on any atom is -0.496 e. The lowest BCUT2D eigenvalue weighted by Gasteiger charge is -2.12. The van der Waals surface area contributed by atoms with Gasteiger partial charge in [0.2, 0.25) is 5.91 Å². The van der Waals surface area contributed by atoms with Crippen molar-refractivity contribution in [3.05, 3.63) is 47.7 Å². The van der Waals surface area contributed by atoms with Gasteiger partial charge in [-0.05, 0) is 24.3 Å². The first-order valence-corrected chi connectivity index (χ1v) is 8.81. The van der Waals surface area contributed by atoms with Gasteiger partial charge in [-0.25, -0.2) is 4.98 Å². The molecule has 1 aromatic carbocycles. The number of rotatable bonds is 9. The predicted octanol–water partition coefficient (Wildman–Crippen LogP) is 3.37. The Morgan fingerprint density at radius 3 is 2.27 bits per heavy atom. The van der Waals surface area contributed by atoms with Gasteiger partial charge in [-0.15, -0.1) is 0 Å². The van der Waals surface area contributed by atoms with Gasteiger partial charge < -0.3 is 24.8 Å². The van der Waals surface area contributed by atoms with Crippen LogP contribution in [0.3, 0.4) is 0 Å². The van der Waals surface area contributed by atoms with Gasteiger partial charge in [0.15, 0.2) is 11.5 Å². The summed E-state index contributed by atoms with van der Waals surface area (Å²) in [5.41, 5.74) is -0.200. The SMILES string of the molecule is COc1cc(OC)c(OC)cc1/C=C/C(=O)NCCNc1ccc(C(F)(F)F)cn1. The van der Waals surface area contributed by atoms with Crippen LogP contribution in [-0.2, 0) is 11.0 Å². The molecule has 0 aliphatic heterocycles. The zero-order valence-electron chi connectivity index (χ0n) is 16.7. The third-order valence-electron chi connectivity index (χ3n) is 3.97. The van der Waals surface area contributed by atoms with E-state index in [1.165, 1.54) is 33.5 Å². The first-order valence-electron chi connectivity index (χ1n) is 8.81. The molecule has 7 nitrogen and oxygen atoms in total. The van der Waals surface area contributed by atoms with Gasteiger partial charge in [0.25, 0.3) is 0 Å². The summed E-state index contributed by atoms with van der Waals surface area (Å²) in [5.74, 6) is 1.43. The van der Waals surface area contributed by atoms with E-state index in [0.29, 0.717) is 22.8 Å². The van der Waals surface area contributed by atoms with Gasteiger partial charge in [-0.3, -0.25) is 4.79 Å². The molecule has 10 heteroatoms. The Kier molecular flexibility index (Phi) is 7.90. The number of hydrogen-bond acceptors (Lipinski definition) is 6. The minimum absolute atomic E-state index is 0.245. The normalized spacial score (nSPS) is 11.3. The van der Waals surface area contributed by atoms with Crippen molar-refractivity contribution in [1.29, 1.82) is 0 Å². The lowest BCUT2D eigenvalue weighted by molar-refractivity contribution is -0.137. The quantitative estimate of drug-likeness (QED) is 0.474. The van der Waals surface area contributed by atoms with E-state index in [2.05, 4.69) is 15.6 Å². The van der Waals surface area contributed by atoms with E-state index in [9.17, 15) is 18.0 Å². The van der Waals surface area contributed by atoms with E-state index < -0.39 is 11.7 Å². The van der Waals surface area contributed by atoms with Crippen molar-refractivity contribution < 1.29 is 32.2 Å². The Morgan fingerprint density at radius 1 is 1.03 bits per heavy atom. The monoisotopic (exact) mass is 425 g/mol. The number of amides is 1. The van der Waals surface area contributed by atoms with E-state index in [0.717, 1.165) is 12.3 Å². The number of nitrogens with zero attached hydrogens (tertiary/aromatic N) is 1. The molecular weight excluding hydrogens is 403 g/mol. The van der Waals surface area contributed by atoms with E-state index in [1.807, 2.05) is 0 Å². The first-order chi connectivity index (χ1) is 14.3. The van der Waals surface area contributed by atoms with Crippen LogP contribution in [0.1, 0.15) is 11.1 Å². The van der Waals surface area contributed by atoms with E-state index in [4.69, 9.17) is 14.2 Å². The van der Waals surface area contributed by atoms with E-state index in [-0.39, 0.29) is 24.8 Å². The average Bonchev–Trinajstić information content (AvgIpc) is 2.74. The van der Waals surface area contributed by atoms with Crippen molar-refractivity contribution in [3.8, 4) is 17.2 Å². The number of anilines is 1. The number of halogens is 3. The summed E-state index contributed by atoms with van der Waals surface area (Å²) in [5, 5.41) is 5.49. The standard InChI is InChI=1S/C20H22F3N3O4/c1-28-15-11-17(30-3)16(29-2)10-13(15)4-7-19(27)25-9-8-24-18-6-5-14(12-26-18)20(21,22)23/h4-7,10-12H,8-9H2,1-3H3,(H,24,26)(H,25,27)/b7-4+. The number of ether oxygens (including phenoxy) is 3. The maximum Gasteiger partial charge on any atom is 0.417 e. The Balaban J connectivity index is 1.87. The topological polar surface area (TPSA) is 81.7 Å². The number of aromatic nitrogens is 1. The molecule has 0 bridgehead atoms. The summed E-state index contributed by atoms with van der Waals surface area (Å²) in [4.78, 5) is 15.7. The second-order valence-electron chi connectivity index (χ2n) is 5.93. The third kappa shape index (κ3) is 6.29. The van der Waals surface area contributed by atoms with Crippen molar-refractivity contribution in [2.45, 2.75) is 6.18 Å². The van der Waals surface area contributed by atoms with Crippen LogP contribution in [0.4, 0.5) is 19.0 Å². The minimum atomic E-state index is -4.43. The van der Waals surface area contributed by atoms with Crippen LogP contribution >= 0.6 is 0 Å². The van der Waals surface area contributed by atoms with Gasteiger partial charge >= 0.3 is 6.18 Å². The Morgan fingerprint density at radius 2 is 1.70 bits per heavy atom. The second kappa shape index (κ2) is 10.4. The number of benzene rings is 1. The molecule has 0 unspecified atom stereocenters. The van der Waals surface area contributed by atoms with Gasteiger partial charge in [-0.1, -0.05) is 0 Å². The van der Waals surface area contributed by atoms with Crippen molar-refractivity contribution >= 4 is 17.8 Å². The molecule has 2 aromatic rings. The molecule has 0 aliphatic carbocycles. The number of pyridine rings is 1. The highest BCUT2D eigenvalue weighted by molar-refractivity contribution is 5.92. The molecule has 2 rings (SSSR count). The molecule has 0 spiro atoms. The second-order valence-corrected chi connectivity index (χ2v) is 5.93. The first kappa shape index (κ1) is 22.9. The fraction of sp³-hybridized carbons (Fsp3) is 0.300. The highest BCUT2D eigenvalue weighted by Gasteiger charge is 2.30. The zero-order valence-corrected chi connectivity index (χ0v) is 16.7. The molecule has 0 fully saturated rings. The average molecular weight is 425 g/mol. The molecule has 30 heavy (non-hydrogen) atoms. The van der Waals surface area contributed by atoms with Gasteiger partial charge in [-0.2, -0.15) is 13.2 Å². The number of carbonyl (C=O) groups excluding carboxylic acids is 1. The molecule has 0 saturated heterocycles. The molecule has 162 valence electrons. The Bertz CT molecular complexity index is 884. The summed E-state index contributed by atoms with van der Waals surface area (Å²) < 4.78 is 53.2. The van der Waals surface area contributed by atoms with Gasteiger partial charge in [0.1, 0.15) is 11.6 Å². The predicted molar refractivity (Wildman–Crippen MR) is 106 cm³/mol. The number of alkyl halides is 3. The molecule has 0 aliphatic rings. The van der Waals surface area contributed by atoms with Crippen LogP contribution in [-0.4, -0.2) is 45.3 Å². The third-order valence-corrected chi connectivity index (χ3v) is 3.97. The lowest BCUT2D eigenvalue weighted by atomic mass is 10.1. The van der Waals surface area contributed by atoms with Crippen LogP contribution in [0.25, 0.3) is 6.08 Å². The summed E-state index contributed by atoms with van der Waals surface area (Å²) in [6.45, 7) is 0.534. The highest BCUT2D eigenvalue weighted by atomic mass is 19.4. The van der Waals surface area contributed by atoms with Crippen molar-refractivity contribution in [3.63, 3.8) is 0 Å². The largest absolute Gasteiger partial charge is 0.496 e. The fourth-order valence-corrected chi connectivity index (χ4v) is 2.45. The number of methoxy groups -OCH3 is 3. The lowest BCUT2D eigenvalue weighted by Crippen LogP contribution is -2.27.